The summed E-state index contributed by atoms with van der Waals surface area (Å²) in [5, 5.41) is 2.94. The van der Waals surface area contributed by atoms with Crippen LogP contribution in [0.5, 0.6) is 0 Å². The van der Waals surface area contributed by atoms with Crippen molar-refractivity contribution in [3.05, 3.63) is 0 Å². The van der Waals surface area contributed by atoms with Crippen molar-refractivity contribution in [1.29, 1.82) is 0 Å². The molecular formula is C7H22INO. The number of rotatable bonds is 3. The van der Waals surface area contributed by atoms with Crippen molar-refractivity contribution < 1.29 is 6.16 Å². The van der Waals surface area contributed by atoms with Crippen LogP contribution in [0.15, 0.2) is 0 Å². The molecule has 0 rings (SSSR count). The molecule has 10 heavy (non-hydrogen) atoms. The van der Waals surface area contributed by atoms with Crippen LogP contribution in [0.2, 0.25) is 0 Å². The normalized spacial score (nSPS) is 7.20. The van der Waals surface area contributed by atoms with Gasteiger partial charge in [-0.2, -0.15) is 0 Å². The third-order valence-corrected chi connectivity index (χ3v) is 0.556. The van der Waals surface area contributed by atoms with Gasteiger partial charge in [0.2, 0.25) is 0 Å². The lowest BCUT2D eigenvalue weighted by atomic mass is 10.6. The summed E-state index contributed by atoms with van der Waals surface area (Å²) in [5.74, 6) is 0. The first-order chi connectivity index (χ1) is 4.33. The molecule has 68 valence electrons. The fourth-order valence-electron chi connectivity index (χ4n) is 0.204. The molecule has 0 saturated carbocycles. The number of hydrogen-bond acceptors (Lipinski definition) is 2. The van der Waals surface area contributed by atoms with Gasteiger partial charge in [0.1, 0.15) is 0 Å². The minimum absolute atomic E-state index is 0. The highest BCUT2D eigenvalue weighted by Gasteiger charge is 1.72. The highest BCUT2D eigenvalue weighted by molar-refractivity contribution is 14.0. The van der Waals surface area contributed by atoms with Gasteiger partial charge in [-0.05, 0) is 7.05 Å². The zero-order valence-electron chi connectivity index (χ0n) is 7.44. The van der Waals surface area contributed by atoms with Crippen LogP contribution in [-0.4, -0.2) is 27.3 Å². The van der Waals surface area contributed by atoms with Gasteiger partial charge in [-0.25, -0.2) is 0 Å². The van der Waals surface area contributed by atoms with Gasteiger partial charge in [-0.1, -0.05) is 20.3 Å². The molecule has 0 fully saturated rings. The quantitative estimate of drug-likeness (QED) is 0.622. The first-order valence-electron chi connectivity index (χ1n) is 3.46. The Bertz CT molecular complexity index is 37.6. The summed E-state index contributed by atoms with van der Waals surface area (Å²) in [7, 11) is 3.59. The molecule has 0 heterocycles. The van der Waals surface area contributed by atoms with Gasteiger partial charge >= 0.3 is 0 Å². The van der Waals surface area contributed by atoms with E-state index in [2.05, 4.69) is 19.2 Å². The van der Waals surface area contributed by atoms with Gasteiger partial charge in [0.25, 0.3) is 0 Å². The van der Waals surface area contributed by atoms with E-state index < -0.39 is 0 Å². The van der Waals surface area contributed by atoms with Crippen LogP contribution in [0.4, 0.5) is 0 Å². The van der Waals surface area contributed by atoms with Crippen LogP contribution in [0.25, 0.3) is 0 Å². The lowest BCUT2D eigenvalue weighted by Gasteiger charge is -1.92. The Morgan fingerprint density at radius 1 is 1.40 bits per heavy atom. The highest BCUT2D eigenvalue weighted by atomic mass is 127. The van der Waals surface area contributed by atoms with Crippen molar-refractivity contribution >= 4 is 24.0 Å². The Morgan fingerprint density at radius 3 is 1.90 bits per heavy atom. The van der Waals surface area contributed by atoms with E-state index in [1.54, 1.807) is 7.11 Å². The molecule has 0 aliphatic carbocycles. The molecule has 3 heteroatoms. The molecule has 0 radical (unpaired) electrons. The summed E-state index contributed by atoms with van der Waals surface area (Å²) >= 11 is 0. The number of nitrogens with one attached hydrogen (secondary N) is 1. The molecule has 0 atom stereocenters. The van der Waals surface area contributed by atoms with Crippen LogP contribution in [0.3, 0.4) is 0 Å². The number of ether oxygens (including phenoxy) is 1. The fourth-order valence-corrected chi connectivity index (χ4v) is 0.204. The molecule has 0 aliphatic rings. The first kappa shape index (κ1) is 16.9. The average Bonchev–Trinajstić information content (AvgIpc) is 1.86. The molecule has 0 saturated heterocycles. The van der Waals surface area contributed by atoms with Crippen LogP contribution >= 0.6 is 24.0 Å². The molecule has 1 N–H and O–H groups in total. The first-order valence-corrected chi connectivity index (χ1v) is 3.46. The van der Waals surface area contributed by atoms with Crippen molar-refractivity contribution in [2.24, 2.45) is 0 Å². The predicted molar refractivity (Wildman–Crippen MR) is 59.3 cm³/mol. The monoisotopic (exact) mass is 263 g/mol. The Kier molecular flexibility index (Phi) is 38.3. The molecule has 0 aromatic heterocycles. The molecule has 0 unspecified atom stereocenters. The van der Waals surface area contributed by atoms with E-state index >= 15 is 0 Å². The largest absolute Gasteiger partial charge is 0.383 e. The minimum atomic E-state index is 0. The van der Waals surface area contributed by atoms with Gasteiger partial charge in [-0.15, -0.1) is 24.0 Å². The average molecular weight is 263 g/mol. The second-order valence-corrected chi connectivity index (χ2v) is 1.80. The van der Waals surface area contributed by atoms with Crippen LogP contribution in [0.1, 0.15) is 21.7 Å². The van der Waals surface area contributed by atoms with Crippen LogP contribution in [-0.2, 0) is 4.74 Å². The van der Waals surface area contributed by atoms with Gasteiger partial charge in [0.15, 0.2) is 0 Å². The number of likely N-dealkylation sites (N-methyl/N-ethyl adjacent to an activating group) is 1. The Labute approximate surface area is 83.2 Å². The summed E-state index contributed by atoms with van der Waals surface area (Å²) in [5.41, 5.74) is 0. The molecule has 0 aliphatic heterocycles. The maximum absolute atomic E-state index is 4.72. The molecule has 0 bridgehead atoms. The van der Waals surface area contributed by atoms with Crippen LogP contribution < -0.4 is 5.32 Å². The standard InChI is InChI=1S/C4H11NO.C3H8.HI.H2/c1-5-3-4-6-2;1-3-2;;/h5H,3-4H2,1-2H3;3H2,1-2H3;2*1H. The summed E-state index contributed by atoms with van der Waals surface area (Å²) in [6.45, 7) is 5.99. The Balaban J connectivity index is -0.0000000437. The fraction of sp³-hybridized carbons (Fsp3) is 1.00. The van der Waals surface area contributed by atoms with Gasteiger partial charge in [-0.3, -0.25) is 0 Å². The minimum Gasteiger partial charge on any atom is -0.383 e. The van der Waals surface area contributed by atoms with Gasteiger partial charge in [0.05, 0.1) is 6.61 Å². The van der Waals surface area contributed by atoms with E-state index in [1.165, 1.54) is 6.42 Å². The van der Waals surface area contributed by atoms with Crippen LogP contribution in [0, 0.1) is 0 Å². The smallest absolute Gasteiger partial charge is 0.0587 e. The topological polar surface area (TPSA) is 21.3 Å². The van der Waals surface area contributed by atoms with Crippen molar-refractivity contribution in [3.63, 3.8) is 0 Å². The number of methoxy groups -OCH3 is 1. The third kappa shape index (κ3) is 38.0. The van der Waals surface area contributed by atoms with Crippen molar-refractivity contribution in [2.75, 3.05) is 27.3 Å². The maximum atomic E-state index is 4.72. The number of hydrogen-bond donors (Lipinski definition) is 1. The predicted octanol–water partition coefficient (Wildman–Crippen LogP) is 2.13. The highest BCUT2D eigenvalue weighted by Crippen LogP contribution is 1.57. The molecule has 0 aromatic carbocycles. The molecule has 2 nitrogen and oxygen atoms in total. The number of halogens is 1. The second kappa shape index (κ2) is 22.6. The Morgan fingerprint density at radius 2 is 1.80 bits per heavy atom. The Hall–Kier alpha value is 0.650. The van der Waals surface area contributed by atoms with E-state index in [1.807, 2.05) is 7.05 Å². The second-order valence-electron chi connectivity index (χ2n) is 1.80. The molecule has 0 aromatic rings. The summed E-state index contributed by atoms with van der Waals surface area (Å²) in [6, 6.07) is 0. The third-order valence-electron chi connectivity index (χ3n) is 0.556. The van der Waals surface area contributed by atoms with E-state index in [4.69, 9.17) is 4.74 Å². The summed E-state index contributed by atoms with van der Waals surface area (Å²) < 4.78 is 4.72. The van der Waals surface area contributed by atoms with E-state index in [0.29, 0.717) is 0 Å². The lowest BCUT2D eigenvalue weighted by molar-refractivity contribution is 0.201. The zero-order valence-corrected chi connectivity index (χ0v) is 9.77. The SMILES string of the molecule is CCC.CNCCOC.I.[HH]. The molecular weight excluding hydrogens is 241 g/mol. The van der Waals surface area contributed by atoms with Crippen molar-refractivity contribution in [3.8, 4) is 0 Å². The lowest BCUT2D eigenvalue weighted by Crippen LogP contribution is -2.12. The summed E-state index contributed by atoms with van der Waals surface area (Å²) in [6.07, 6.45) is 1.25. The van der Waals surface area contributed by atoms with Gasteiger partial charge < -0.3 is 10.1 Å². The van der Waals surface area contributed by atoms with E-state index in [9.17, 15) is 0 Å². The van der Waals surface area contributed by atoms with E-state index in [0.717, 1.165) is 13.2 Å². The zero-order chi connectivity index (χ0) is 7.54. The summed E-state index contributed by atoms with van der Waals surface area (Å²) in [4.78, 5) is 0. The van der Waals surface area contributed by atoms with Crippen molar-refractivity contribution in [2.45, 2.75) is 20.3 Å². The maximum Gasteiger partial charge on any atom is 0.0587 e. The molecule has 0 amide bonds. The van der Waals surface area contributed by atoms with E-state index in [-0.39, 0.29) is 25.4 Å². The van der Waals surface area contributed by atoms with Crippen molar-refractivity contribution in [1.82, 2.24) is 5.32 Å². The molecule has 0 spiro atoms. The van der Waals surface area contributed by atoms with Gasteiger partial charge in [0, 0.05) is 15.1 Å².